The lowest BCUT2D eigenvalue weighted by atomic mass is 9.95. The van der Waals surface area contributed by atoms with Gasteiger partial charge in [-0.3, -0.25) is 4.79 Å². The van der Waals surface area contributed by atoms with E-state index in [0.29, 0.717) is 18.9 Å². The molecule has 2 atom stereocenters. The molecule has 1 rings (SSSR count). The number of aliphatic hydroxyl groups is 3. The number of carbonyl (C=O) groups is 1. The van der Waals surface area contributed by atoms with Crippen LogP contribution in [0.15, 0.2) is 24.3 Å². The van der Waals surface area contributed by atoms with Crippen molar-refractivity contribution in [3.8, 4) is 0 Å². The summed E-state index contributed by atoms with van der Waals surface area (Å²) in [7, 11) is 0. The topological polar surface area (TPSA) is 89.8 Å². The molecule has 5 nitrogen and oxygen atoms in total. The van der Waals surface area contributed by atoms with Gasteiger partial charge in [0.05, 0.1) is 12.2 Å². The third-order valence-corrected chi connectivity index (χ3v) is 5.26. The first kappa shape index (κ1) is 24.9. The molecule has 162 valence electrons. The first-order valence-electron chi connectivity index (χ1n) is 11.2. The van der Waals surface area contributed by atoms with Crippen molar-refractivity contribution in [3.05, 3.63) is 24.3 Å². The Labute approximate surface area is 170 Å². The van der Waals surface area contributed by atoms with Crippen LogP contribution >= 0.6 is 0 Å². The summed E-state index contributed by atoms with van der Waals surface area (Å²) in [5.74, 6) is 0.0487. The predicted molar refractivity (Wildman–Crippen MR) is 114 cm³/mol. The molecule has 28 heavy (non-hydrogen) atoms. The number of hydrogen-bond acceptors (Lipinski definition) is 4. The Morgan fingerprint density at radius 1 is 0.893 bits per heavy atom. The molecule has 0 aromatic rings. The van der Waals surface area contributed by atoms with E-state index in [1.165, 1.54) is 19.3 Å². The minimum absolute atomic E-state index is 0.0487. The van der Waals surface area contributed by atoms with Gasteiger partial charge >= 0.3 is 0 Å². The molecule has 0 aliphatic heterocycles. The molecule has 1 fully saturated rings. The van der Waals surface area contributed by atoms with Crippen LogP contribution in [0.3, 0.4) is 0 Å². The fourth-order valence-corrected chi connectivity index (χ4v) is 3.54. The van der Waals surface area contributed by atoms with Gasteiger partial charge in [0.15, 0.2) is 0 Å². The molecule has 0 bridgehead atoms. The van der Waals surface area contributed by atoms with Gasteiger partial charge in [0.1, 0.15) is 0 Å². The summed E-state index contributed by atoms with van der Waals surface area (Å²) >= 11 is 0. The van der Waals surface area contributed by atoms with Crippen molar-refractivity contribution in [1.29, 1.82) is 0 Å². The van der Waals surface area contributed by atoms with Crippen LogP contribution in [0.2, 0.25) is 0 Å². The third kappa shape index (κ3) is 13.9. The molecule has 1 aliphatic carbocycles. The highest BCUT2D eigenvalue weighted by Crippen LogP contribution is 2.17. The van der Waals surface area contributed by atoms with Gasteiger partial charge in [-0.05, 0) is 44.9 Å². The average molecular weight is 396 g/mol. The van der Waals surface area contributed by atoms with Crippen LogP contribution in [0.5, 0.6) is 0 Å². The smallest absolute Gasteiger partial charge is 0.220 e. The average Bonchev–Trinajstić information content (AvgIpc) is 2.69. The minimum Gasteiger partial charge on any atom is -0.396 e. The molecule has 0 saturated heterocycles. The Morgan fingerprint density at radius 2 is 1.50 bits per heavy atom. The summed E-state index contributed by atoms with van der Waals surface area (Å²) in [5.41, 5.74) is 0. The molecule has 1 amide bonds. The van der Waals surface area contributed by atoms with Crippen LogP contribution in [-0.4, -0.2) is 46.1 Å². The minimum atomic E-state index is -0.578. The summed E-state index contributed by atoms with van der Waals surface area (Å²) < 4.78 is 0. The van der Waals surface area contributed by atoms with Crippen LogP contribution < -0.4 is 5.32 Å². The van der Waals surface area contributed by atoms with Gasteiger partial charge in [0.25, 0.3) is 0 Å². The first-order chi connectivity index (χ1) is 13.6. The number of rotatable bonds is 15. The van der Waals surface area contributed by atoms with Gasteiger partial charge < -0.3 is 20.6 Å². The number of aliphatic hydroxyl groups excluding tert-OH is 3. The van der Waals surface area contributed by atoms with Crippen molar-refractivity contribution < 1.29 is 20.1 Å². The second-order valence-corrected chi connectivity index (χ2v) is 7.94. The lowest BCUT2D eigenvalue weighted by molar-refractivity contribution is -0.122. The molecule has 0 heterocycles. The molecular weight excluding hydrogens is 354 g/mol. The fourth-order valence-electron chi connectivity index (χ4n) is 3.54. The van der Waals surface area contributed by atoms with E-state index in [9.17, 15) is 15.0 Å². The molecule has 4 N–H and O–H groups in total. The molecule has 2 unspecified atom stereocenters. The Hall–Kier alpha value is -1.17. The van der Waals surface area contributed by atoms with Crippen LogP contribution in [-0.2, 0) is 4.79 Å². The number of allylic oxidation sites excluding steroid dienone is 2. The normalized spacial score (nSPS) is 18.0. The maximum atomic E-state index is 11.9. The summed E-state index contributed by atoms with van der Waals surface area (Å²) in [4.78, 5) is 11.9. The predicted octanol–water partition coefficient (Wildman–Crippen LogP) is 3.77. The van der Waals surface area contributed by atoms with E-state index in [1.54, 1.807) is 6.08 Å². The van der Waals surface area contributed by atoms with Gasteiger partial charge in [0.2, 0.25) is 5.91 Å². The standard InChI is InChI=1S/C23H41NO4/c25-19-11-4-3-10-15-21(26)14-8-1-2-9-16-22(27)17-18-23(28)24-20-12-6-5-7-13-20/h8-9,14,16,20-22,25-27H,1-7,10-13,15,17-19H2,(H,24,28). The number of nitrogens with one attached hydrogen (secondary N) is 1. The quantitative estimate of drug-likeness (QED) is 0.251. The van der Waals surface area contributed by atoms with E-state index in [4.69, 9.17) is 5.11 Å². The van der Waals surface area contributed by atoms with Crippen LogP contribution in [0.1, 0.15) is 89.9 Å². The maximum Gasteiger partial charge on any atom is 0.220 e. The zero-order valence-corrected chi connectivity index (χ0v) is 17.4. The van der Waals surface area contributed by atoms with Gasteiger partial charge in [-0.15, -0.1) is 0 Å². The monoisotopic (exact) mass is 395 g/mol. The number of hydrogen-bond donors (Lipinski definition) is 4. The highest BCUT2D eigenvalue weighted by atomic mass is 16.3. The Bertz CT molecular complexity index is 444. The number of carbonyl (C=O) groups excluding carboxylic acids is 1. The molecule has 1 aliphatic rings. The van der Waals surface area contributed by atoms with Gasteiger partial charge in [-0.1, -0.05) is 62.8 Å². The van der Waals surface area contributed by atoms with Crippen molar-refractivity contribution in [2.75, 3.05) is 6.61 Å². The van der Waals surface area contributed by atoms with Crippen LogP contribution in [0, 0.1) is 0 Å². The zero-order valence-electron chi connectivity index (χ0n) is 17.4. The third-order valence-electron chi connectivity index (χ3n) is 5.26. The Balaban J connectivity index is 2.02. The molecule has 0 aromatic carbocycles. The molecular formula is C23H41NO4. The molecule has 0 radical (unpaired) electrons. The lowest BCUT2D eigenvalue weighted by Crippen LogP contribution is -2.36. The van der Waals surface area contributed by atoms with E-state index in [2.05, 4.69) is 5.32 Å². The van der Waals surface area contributed by atoms with Crippen molar-refractivity contribution in [2.24, 2.45) is 0 Å². The number of unbranched alkanes of at least 4 members (excludes halogenated alkanes) is 4. The second-order valence-electron chi connectivity index (χ2n) is 7.94. The van der Waals surface area contributed by atoms with Crippen LogP contribution in [0.4, 0.5) is 0 Å². The Kier molecular flexibility index (Phi) is 14.9. The molecule has 0 spiro atoms. The SMILES string of the molecule is O=C(CCC(O)C=CCCC=CC(O)CCCCCCO)NC1CCCCC1. The lowest BCUT2D eigenvalue weighted by Gasteiger charge is -2.22. The first-order valence-corrected chi connectivity index (χ1v) is 11.2. The van der Waals surface area contributed by atoms with E-state index in [-0.39, 0.29) is 12.5 Å². The fraction of sp³-hybridized carbons (Fsp3) is 0.783. The van der Waals surface area contributed by atoms with Gasteiger partial charge in [-0.2, -0.15) is 0 Å². The van der Waals surface area contributed by atoms with Gasteiger partial charge in [-0.25, -0.2) is 0 Å². The highest BCUT2D eigenvalue weighted by molar-refractivity contribution is 5.76. The van der Waals surface area contributed by atoms with Crippen LogP contribution in [0.25, 0.3) is 0 Å². The van der Waals surface area contributed by atoms with Gasteiger partial charge in [0, 0.05) is 19.1 Å². The summed E-state index contributed by atoms with van der Waals surface area (Å²) in [5, 5.41) is 31.6. The van der Waals surface area contributed by atoms with Crippen molar-refractivity contribution >= 4 is 5.91 Å². The number of amides is 1. The molecule has 5 heteroatoms. The Morgan fingerprint density at radius 3 is 2.14 bits per heavy atom. The van der Waals surface area contributed by atoms with Crippen molar-refractivity contribution in [1.82, 2.24) is 5.32 Å². The second kappa shape index (κ2) is 16.8. The van der Waals surface area contributed by atoms with E-state index in [0.717, 1.165) is 57.8 Å². The zero-order chi connectivity index (χ0) is 20.5. The van der Waals surface area contributed by atoms with E-state index < -0.39 is 12.2 Å². The largest absolute Gasteiger partial charge is 0.396 e. The summed E-state index contributed by atoms with van der Waals surface area (Å²) in [6.07, 6.45) is 19.5. The van der Waals surface area contributed by atoms with E-state index >= 15 is 0 Å². The summed E-state index contributed by atoms with van der Waals surface area (Å²) in [6.45, 7) is 0.248. The summed E-state index contributed by atoms with van der Waals surface area (Å²) in [6, 6.07) is 0.330. The van der Waals surface area contributed by atoms with Crippen molar-refractivity contribution in [2.45, 2.75) is 108 Å². The highest BCUT2D eigenvalue weighted by Gasteiger charge is 2.15. The molecule has 0 aromatic heterocycles. The maximum absolute atomic E-state index is 11.9. The molecule has 1 saturated carbocycles. The van der Waals surface area contributed by atoms with E-state index in [1.807, 2.05) is 18.2 Å². The van der Waals surface area contributed by atoms with Crippen molar-refractivity contribution in [3.63, 3.8) is 0 Å².